The van der Waals surface area contributed by atoms with E-state index >= 15 is 0 Å². The highest BCUT2D eigenvalue weighted by atomic mass is 35.5. The fourth-order valence-electron chi connectivity index (χ4n) is 3.32. The predicted molar refractivity (Wildman–Crippen MR) is 123 cm³/mol. The molecule has 0 N–H and O–H groups in total. The summed E-state index contributed by atoms with van der Waals surface area (Å²) >= 11 is 12.4. The Hall–Kier alpha value is -3.28. The molecule has 0 aromatic heterocycles. The molecule has 0 bridgehead atoms. The Morgan fingerprint density at radius 2 is 1.72 bits per heavy atom. The maximum absolute atomic E-state index is 12.8. The topological polar surface area (TPSA) is 61.8 Å². The fourth-order valence-corrected chi connectivity index (χ4v) is 3.83. The summed E-state index contributed by atoms with van der Waals surface area (Å²) in [6, 6.07) is 15.5. The molecule has 3 aromatic carbocycles. The Kier molecular flexibility index (Phi) is 6.21. The van der Waals surface area contributed by atoms with Crippen LogP contribution in [0.5, 0.6) is 11.5 Å². The van der Waals surface area contributed by atoms with Crippen molar-refractivity contribution in [3.63, 3.8) is 0 Å². The van der Waals surface area contributed by atoms with Crippen molar-refractivity contribution in [1.29, 1.82) is 0 Å². The van der Waals surface area contributed by atoms with Gasteiger partial charge in [0.2, 0.25) is 5.78 Å². The Balaban J connectivity index is 1.54. The summed E-state index contributed by atoms with van der Waals surface area (Å²) in [5.74, 6) is 0.543. The standard InChI is InChI=1S/C25H18Cl2O5/c1-14-21(31-13-15-6-8-16(9-7-15)25(29)30-2)11-10-17-23(28)22(32-24(14)17)12-18-19(26)4-3-5-20(18)27/h3-12H,13H2,1-2H3/b22-12-. The van der Waals surface area contributed by atoms with E-state index in [2.05, 4.69) is 0 Å². The molecule has 0 spiro atoms. The zero-order valence-corrected chi connectivity index (χ0v) is 18.8. The molecule has 0 aliphatic carbocycles. The molecule has 7 heteroatoms. The van der Waals surface area contributed by atoms with Crippen LogP contribution in [0.2, 0.25) is 10.0 Å². The van der Waals surface area contributed by atoms with Crippen LogP contribution in [0.1, 0.15) is 37.4 Å². The van der Waals surface area contributed by atoms with Crippen molar-refractivity contribution < 1.29 is 23.8 Å². The van der Waals surface area contributed by atoms with E-state index in [0.29, 0.717) is 43.8 Å². The number of ether oxygens (including phenoxy) is 3. The van der Waals surface area contributed by atoms with Crippen molar-refractivity contribution >= 4 is 41.0 Å². The number of rotatable bonds is 5. The highest BCUT2D eigenvalue weighted by Gasteiger charge is 2.30. The molecule has 1 aliphatic rings. The number of hydrogen-bond donors (Lipinski definition) is 0. The van der Waals surface area contributed by atoms with Crippen LogP contribution in [-0.2, 0) is 11.3 Å². The van der Waals surface area contributed by atoms with E-state index in [-0.39, 0.29) is 18.1 Å². The lowest BCUT2D eigenvalue weighted by Crippen LogP contribution is -2.02. The Bertz CT molecular complexity index is 1230. The van der Waals surface area contributed by atoms with Gasteiger partial charge in [-0.2, -0.15) is 0 Å². The lowest BCUT2D eigenvalue weighted by molar-refractivity contribution is 0.0600. The molecule has 0 saturated carbocycles. The molecule has 1 aliphatic heterocycles. The van der Waals surface area contributed by atoms with Gasteiger partial charge < -0.3 is 14.2 Å². The van der Waals surface area contributed by atoms with Crippen molar-refractivity contribution in [2.45, 2.75) is 13.5 Å². The number of carbonyl (C=O) groups is 2. The van der Waals surface area contributed by atoms with Crippen molar-refractivity contribution in [3.05, 3.63) is 98.2 Å². The normalized spacial score (nSPS) is 13.6. The number of allylic oxidation sites excluding steroid dienone is 1. The molecular weight excluding hydrogens is 451 g/mol. The van der Waals surface area contributed by atoms with Gasteiger partial charge in [-0.3, -0.25) is 4.79 Å². The molecule has 0 unspecified atom stereocenters. The van der Waals surface area contributed by atoms with Gasteiger partial charge in [-0.15, -0.1) is 0 Å². The van der Waals surface area contributed by atoms with Crippen molar-refractivity contribution in [2.75, 3.05) is 7.11 Å². The van der Waals surface area contributed by atoms with E-state index in [9.17, 15) is 9.59 Å². The molecule has 4 rings (SSSR count). The number of fused-ring (bicyclic) bond motifs is 1. The first kappa shape index (κ1) is 21.9. The van der Waals surface area contributed by atoms with Gasteiger partial charge in [0, 0.05) is 21.2 Å². The van der Waals surface area contributed by atoms with Gasteiger partial charge in [0.25, 0.3) is 0 Å². The first-order chi connectivity index (χ1) is 15.4. The van der Waals surface area contributed by atoms with Crippen LogP contribution in [0.4, 0.5) is 0 Å². The molecular formula is C25H18Cl2O5. The molecule has 5 nitrogen and oxygen atoms in total. The minimum Gasteiger partial charge on any atom is -0.488 e. The van der Waals surface area contributed by atoms with Gasteiger partial charge >= 0.3 is 5.97 Å². The average Bonchev–Trinajstić information content (AvgIpc) is 3.12. The van der Waals surface area contributed by atoms with E-state index in [1.165, 1.54) is 7.11 Å². The smallest absolute Gasteiger partial charge is 0.337 e. The number of carbonyl (C=O) groups excluding carboxylic acids is 2. The lowest BCUT2D eigenvalue weighted by Gasteiger charge is -2.12. The zero-order chi connectivity index (χ0) is 22.8. The molecule has 162 valence electrons. The van der Waals surface area contributed by atoms with Crippen LogP contribution in [0.15, 0.2) is 60.4 Å². The third-order valence-electron chi connectivity index (χ3n) is 5.08. The number of ketones is 1. The van der Waals surface area contributed by atoms with E-state index in [0.717, 1.165) is 5.56 Å². The zero-order valence-electron chi connectivity index (χ0n) is 17.3. The summed E-state index contributed by atoms with van der Waals surface area (Å²) in [5.41, 5.74) is 3.03. The summed E-state index contributed by atoms with van der Waals surface area (Å²) in [6.45, 7) is 2.11. The number of Topliss-reactive ketones (excluding diaryl/α,β-unsaturated/α-hetero) is 1. The third-order valence-corrected chi connectivity index (χ3v) is 5.74. The molecule has 0 atom stereocenters. The highest BCUT2D eigenvalue weighted by molar-refractivity contribution is 6.37. The monoisotopic (exact) mass is 468 g/mol. The summed E-state index contributed by atoms with van der Waals surface area (Å²) < 4.78 is 16.5. The van der Waals surface area contributed by atoms with Gasteiger partial charge in [0.1, 0.15) is 18.1 Å². The van der Waals surface area contributed by atoms with Crippen LogP contribution in [0.25, 0.3) is 6.08 Å². The quantitative estimate of drug-likeness (QED) is 0.325. The van der Waals surface area contributed by atoms with Gasteiger partial charge in [0.05, 0.1) is 18.2 Å². The molecule has 0 saturated heterocycles. The minimum absolute atomic E-state index is 0.147. The van der Waals surface area contributed by atoms with Crippen LogP contribution in [-0.4, -0.2) is 18.9 Å². The second kappa shape index (κ2) is 9.07. The van der Waals surface area contributed by atoms with E-state index in [1.54, 1.807) is 60.7 Å². The third kappa shape index (κ3) is 4.22. The first-order valence-electron chi connectivity index (χ1n) is 9.71. The van der Waals surface area contributed by atoms with Gasteiger partial charge in [-0.25, -0.2) is 4.79 Å². The van der Waals surface area contributed by atoms with Crippen LogP contribution < -0.4 is 9.47 Å². The average molecular weight is 469 g/mol. The highest BCUT2D eigenvalue weighted by Crippen LogP contribution is 2.40. The number of halogens is 2. The largest absolute Gasteiger partial charge is 0.488 e. The van der Waals surface area contributed by atoms with Gasteiger partial charge in [0.15, 0.2) is 5.76 Å². The maximum Gasteiger partial charge on any atom is 0.337 e. The van der Waals surface area contributed by atoms with Gasteiger partial charge in [-0.05, 0) is 55.0 Å². The molecule has 3 aromatic rings. The van der Waals surface area contributed by atoms with Crippen LogP contribution >= 0.6 is 23.2 Å². The summed E-state index contributed by atoms with van der Waals surface area (Å²) in [6.07, 6.45) is 1.55. The van der Waals surface area contributed by atoms with Gasteiger partial charge in [-0.1, -0.05) is 41.4 Å². The van der Waals surface area contributed by atoms with Crippen molar-refractivity contribution in [2.24, 2.45) is 0 Å². The second-order valence-electron chi connectivity index (χ2n) is 7.12. The number of methoxy groups -OCH3 is 1. The molecule has 0 fully saturated rings. The van der Waals surface area contributed by atoms with Crippen LogP contribution in [0.3, 0.4) is 0 Å². The maximum atomic E-state index is 12.8. The minimum atomic E-state index is -0.393. The second-order valence-corrected chi connectivity index (χ2v) is 7.93. The van der Waals surface area contributed by atoms with Crippen LogP contribution in [0, 0.1) is 6.92 Å². The summed E-state index contributed by atoms with van der Waals surface area (Å²) in [5, 5.41) is 0.854. The first-order valence-corrected chi connectivity index (χ1v) is 10.5. The summed E-state index contributed by atoms with van der Waals surface area (Å²) in [7, 11) is 1.34. The number of hydrogen-bond acceptors (Lipinski definition) is 5. The SMILES string of the molecule is COC(=O)c1ccc(COc2ccc3c(c2C)O/C(=C\c2c(Cl)cccc2Cl)C3=O)cc1. The van der Waals surface area contributed by atoms with Crippen molar-refractivity contribution in [1.82, 2.24) is 0 Å². The van der Waals surface area contributed by atoms with E-state index in [4.69, 9.17) is 37.4 Å². The Morgan fingerprint density at radius 1 is 1.03 bits per heavy atom. The lowest BCUT2D eigenvalue weighted by atomic mass is 10.1. The number of esters is 1. The number of benzene rings is 3. The summed E-state index contributed by atoms with van der Waals surface area (Å²) in [4.78, 5) is 24.4. The molecule has 0 amide bonds. The van der Waals surface area contributed by atoms with E-state index < -0.39 is 5.97 Å². The Labute approximate surface area is 195 Å². The van der Waals surface area contributed by atoms with Crippen molar-refractivity contribution in [3.8, 4) is 11.5 Å². The predicted octanol–water partition coefficient (Wildman–Crippen LogP) is 6.28. The van der Waals surface area contributed by atoms with E-state index in [1.807, 2.05) is 6.92 Å². The molecule has 0 radical (unpaired) electrons. The fraction of sp³-hybridized carbons (Fsp3) is 0.120. The Morgan fingerprint density at radius 3 is 2.38 bits per heavy atom. The molecule has 1 heterocycles. The molecule has 32 heavy (non-hydrogen) atoms.